The van der Waals surface area contributed by atoms with Gasteiger partial charge in [-0.2, -0.15) is 4.31 Å². The standard InChI is InChI=1S/C15H20N2O5S2/c1-11-9-13-10-14(3-4-15(13)17(11)12(2)18)24(21,22)16-5-7-23(19,20)8-6-16/h3-4,10-11H,5-9H2,1-2H3. The fourth-order valence-electron chi connectivity index (χ4n) is 3.33. The third kappa shape index (κ3) is 2.96. The molecule has 3 rings (SSSR count). The van der Waals surface area contributed by atoms with Crippen LogP contribution in [0.15, 0.2) is 23.1 Å². The van der Waals surface area contributed by atoms with E-state index in [-0.39, 0.29) is 41.4 Å². The van der Waals surface area contributed by atoms with Crippen molar-refractivity contribution < 1.29 is 21.6 Å². The first-order valence-electron chi connectivity index (χ1n) is 7.75. The highest BCUT2D eigenvalue weighted by molar-refractivity contribution is 7.92. The van der Waals surface area contributed by atoms with Crippen LogP contribution in [0.2, 0.25) is 0 Å². The van der Waals surface area contributed by atoms with Crippen molar-refractivity contribution in [2.45, 2.75) is 31.2 Å². The maximum absolute atomic E-state index is 12.7. The van der Waals surface area contributed by atoms with Gasteiger partial charge >= 0.3 is 0 Å². The van der Waals surface area contributed by atoms with Crippen LogP contribution in [0.1, 0.15) is 19.4 Å². The van der Waals surface area contributed by atoms with Gasteiger partial charge in [-0.25, -0.2) is 16.8 Å². The van der Waals surface area contributed by atoms with Gasteiger partial charge in [0.2, 0.25) is 15.9 Å². The van der Waals surface area contributed by atoms with Crippen LogP contribution in [-0.4, -0.2) is 57.7 Å². The Morgan fingerprint density at radius 1 is 1.21 bits per heavy atom. The van der Waals surface area contributed by atoms with Gasteiger partial charge in [0.15, 0.2) is 9.84 Å². The van der Waals surface area contributed by atoms with Crippen LogP contribution in [0.3, 0.4) is 0 Å². The van der Waals surface area contributed by atoms with Crippen LogP contribution >= 0.6 is 0 Å². The zero-order chi connectivity index (χ0) is 17.7. The molecular formula is C15H20N2O5S2. The normalized spacial score (nSPS) is 23.9. The molecular weight excluding hydrogens is 352 g/mol. The highest BCUT2D eigenvalue weighted by Crippen LogP contribution is 2.34. The summed E-state index contributed by atoms with van der Waals surface area (Å²) in [5.74, 6) is -0.364. The molecule has 0 aromatic heterocycles. The van der Waals surface area contributed by atoms with Crippen LogP contribution in [0.4, 0.5) is 5.69 Å². The molecule has 1 fully saturated rings. The lowest BCUT2D eigenvalue weighted by molar-refractivity contribution is -0.116. The predicted molar refractivity (Wildman–Crippen MR) is 90.2 cm³/mol. The van der Waals surface area contributed by atoms with Gasteiger partial charge in [0.05, 0.1) is 16.4 Å². The molecule has 0 bridgehead atoms. The van der Waals surface area contributed by atoms with Crippen molar-refractivity contribution in [3.63, 3.8) is 0 Å². The van der Waals surface area contributed by atoms with Gasteiger partial charge in [0.1, 0.15) is 0 Å². The summed E-state index contributed by atoms with van der Waals surface area (Å²) in [6.45, 7) is 3.38. The maximum Gasteiger partial charge on any atom is 0.243 e. The van der Waals surface area contributed by atoms with E-state index in [4.69, 9.17) is 0 Å². The Balaban J connectivity index is 1.91. The van der Waals surface area contributed by atoms with Crippen LogP contribution in [0.5, 0.6) is 0 Å². The van der Waals surface area contributed by atoms with Gasteiger partial charge in [-0.1, -0.05) is 0 Å². The average molecular weight is 372 g/mol. The van der Waals surface area contributed by atoms with E-state index in [2.05, 4.69) is 0 Å². The van der Waals surface area contributed by atoms with Crippen LogP contribution in [0.25, 0.3) is 0 Å². The highest BCUT2D eigenvalue weighted by atomic mass is 32.2. The minimum absolute atomic E-state index is 0.00409. The molecule has 7 nitrogen and oxygen atoms in total. The number of fused-ring (bicyclic) bond motifs is 1. The zero-order valence-electron chi connectivity index (χ0n) is 13.6. The lowest BCUT2D eigenvalue weighted by atomic mass is 10.1. The number of carbonyl (C=O) groups is 1. The van der Waals surface area contributed by atoms with Gasteiger partial charge in [0.25, 0.3) is 0 Å². The molecule has 132 valence electrons. The number of sulfonamides is 1. The molecule has 0 saturated carbocycles. The number of hydrogen-bond donors (Lipinski definition) is 0. The zero-order valence-corrected chi connectivity index (χ0v) is 15.2. The Morgan fingerprint density at radius 3 is 2.42 bits per heavy atom. The molecule has 9 heteroatoms. The Hall–Kier alpha value is -1.45. The quantitative estimate of drug-likeness (QED) is 0.749. The van der Waals surface area contributed by atoms with Crippen LogP contribution in [-0.2, 0) is 31.1 Å². The molecule has 2 heterocycles. The van der Waals surface area contributed by atoms with Crippen molar-refractivity contribution in [2.24, 2.45) is 0 Å². The number of anilines is 1. The van der Waals surface area contributed by atoms with Gasteiger partial charge < -0.3 is 4.90 Å². The highest BCUT2D eigenvalue weighted by Gasteiger charge is 2.34. The number of carbonyl (C=O) groups excluding carboxylic acids is 1. The third-order valence-corrected chi connectivity index (χ3v) is 8.05. The molecule has 0 radical (unpaired) electrons. The molecule has 1 atom stereocenters. The van der Waals surface area contributed by atoms with Crippen LogP contribution in [0, 0.1) is 0 Å². The number of sulfone groups is 1. The van der Waals surface area contributed by atoms with Crippen molar-refractivity contribution in [3.05, 3.63) is 23.8 Å². The van der Waals surface area contributed by atoms with Gasteiger partial charge in [0, 0.05) is 31.7 Å². The molecule has 1 aromatic carbocycles. The SMILES string of the molecule is CC(=O)N1c2ccc(S(=O)(=O)N3CCS(=O)(=O)CC3)cc2CC1C. The van der Waals surface area contributed by atoms with Crippen molar-refractivity contribution in [1.29, 1.82) is 0 Å². The van der Waals surface area contributed by atoms with Crippen molar-refractivity contribution >= 4 is 31.5 Å². The first-order valence-corrected chi connectivity index (χ1v) is 11.0. The Morgan fingerprint density at radius 2 is 1.83 bits per heavy atom. The number of rotatable bonds is 2. The molecule has 2 aliphatic rings. The van der Waals surface area contributed by atoms with E-state index >= 15 is 0 Å². The summed E-state index contributed by atoms with van der Waals surface area (Å²) >= 11 is 0. The fourth-order valence-corrected chi connectivity index (χ4v) is 6.26. The number of benzene rings is 1. The van der Waals surface area contributed by atoms with Gasteiger partial charge in [-0.15, -0.1) is 0 Å². The smallest absolute Gasteiger partial charge is 0.243 e. The lowest BCUT2D eigenvalue weighted by Gasteiger charge is -2.26. The second-order valence-electron chi connectivity index (χ2n) is 6.29. The third-order valence-electron chi connectivity index (χ3n) is 4.55. The minimum atomic E-state index is -3.72. The average Bonchev–Trinajstić information content (AvgIpc) is 2.81. The van der Waals surface area contributed by atoms with Gasteiger partial charge in [-0.3, -0.25) is 4.79 Å². The van der Waals surface area contributed by atoms with E-state index in [1.165, 1.54) is 17.3 Å². The van der Waals surface area contributed by atoms with Crippen molar-refractivity contribution in [1.82, 2.24) is 4.31 Å². The fraction of sp³-hybridized carbons (Fsp3) is 0.533. The molecule has 1 unspecified atom stereocenters. The molecule has 0 aliphatic carbocycles. The van der Waals surface area contributed by atoms with E-state index < -0.39 is 19.9 Å². The molecule has 24 heavy (non-hydrogen) atoms. The molecule has 0 N–H and O–H groups in total. The Labute approximate surface area is 142 Å². The second kappa shape index (κ2) is 5.82. The van der Waals surface area contributed by atoms with E-state index in [0.717, 1.165) is 11.3 Å². The summed E-state index contributed by atoms with van der Waals surface area (Å²) in [6, 6.07) is 4.75. The van der Waals surface area contributed by atoms with Crippen molar-refractivity contribution in [2.75, 3.05) is 29.5 Å². The molecule has 1 saturated heterocycles. The predicted octanol–water partition coefficient (Wildman–Crippen LogP) is 0.403. The number of nitrogens with zero attached hydrogens (tertiary/aromatic N) is 2. The first kappa shape index (κ1) is 17.4. The van der Waals surface area contributed by atoms with E-state index in [1.807, 2.05) is 6.92 Å². The number of hydrogen-bond acceptors (Lipinski definition) is 5. The monoisotopic (exact) mass is 372 g/mol. The molecule has 0 spiro atoms. The molecule has 2 aliphatic heterocycles. The summed E-state index contributed by atoms with van der Waals surface area (Å²) in [5, 5.41) is 0. The minimum Gasteiger partial charge on any atom is -0.309 e. The lowest BCUT2D eigenvalue weighted by Crippen LogP contribution is -2.43. The summed E-state index contributed by atoms with van der Waals surface area (Å²) in [5.41, 5.74) is 1.57. The molecule has 1 amide bonds. The van der Waals surface area contributed by atoms with E-state index in [0.29, 0.717) is 6.42 Å². The summed E-state index contributed by atoms with van der Waals surface area (Å²) in [6.07, 6.45) is 0.604. The van der Waals surface area contributed by atoms with Gasteiger partial charge in [-0.05, 0) is 37.1 Å². The maximum atomic E-state index is 12.7. The number of amides is 1. The van der Waals surface area contributed by atoms with Crippen molar-refractivity contribution in [3.8, 4) is 0 Å². The summed E-state index contributed by atoms with van der Waals surface area (Å²) in [4.78, 5) is 13.6. The summed E-state index contributed by atoms with van der Waals surface area (Å²) < 4.78 is 49.7. The van der Waals surface area contributed by atoms with Crippen LogP contribution < -0.4 is 4.90 Å². The second-order valence-corrected chi connectivity index (χ2v) is 10.5. The van der Waals surface area contributed by atoms with E-state index in [1.54, 1.807) is 17.0 Å². The Bertz CT molecular complexity index is 878. The molecule has 1 aromatic rings. The Kier molecular flexibility index (Phi) is 4.21. The summed E-state index contributed by atoms with van der Waals surface area (Å²) in [7, 11) is -6.87. The largest absolute Gasteiger partial charge is 0.309 e. The first-order chi connectivity index (χ1) is 11.1. The topological polar surface area (TPSA) is 91.8 Å². The van der Waals surface area contributed by atoms with E-state index in [9.17, 15) is 21.6 Å².